The number of nitrogens with one attached hydrogen (secondary N) is 2. The Kier molecular flexibility index (Phi) is 5.19. The normalized spacial score (nSPS) is 19.1. The molecule has 27 heavy (non-hydrogen) atoms. The molecular weight excluding hydrogens is 366 g/mol. The van der Waals surface area contributed by atoms with Gasteiger partial charge < -0.3 is 10.6 Å². The molecule has 0 aliphatic carbocycles. The van der Waals surface area contributed by atoms with Crippen LogP contribution in [0.4, 0.5) is 10.5 Å². The van der Waals surface area contributed by atoms with Crippen molar-refractivity contribution in [3.63, 3.8) is 0 Å². The highest BCUT2D eigenvalue weighted by atomic mass is 35.5. The molecule has 1 heterocycles. The maximum Gasteiger partial charge on any atom is 0.325 e. The van der Waals surface area contributed by atoms with Crippen LogP contribution in [0, 0.1) is 6.92 Å². The van der Waals surface area contributed by atoms with Gasteiger partial charge in [0.25, 0.3) is 5.91 Å². The lowest BCUT2D eigenvalue weighted by Gasteiger charge is -2.25. The quantitative estimate of drug-likeness (QED) is 0.774. The third-order valence-electron chi connectivity index (χ3n) is 4.74. The Bertz CT molecular complexity index is 901. The number of carbonyl (C=O) groups is 3. The molecule has 1 aliphatic rings. The summed E-state index contributed by atoms with van der Waals surface area (Å²) in [6, 6.07) is 13.5. The average molecular weight is 386 g/mol. The molecule has 4 amide bonds. The van der Waals surface area contributed by atoms with Crippen molar-refractivity contribution < 1.29 is 14.4 Å². The minimum absolute atomic E-state index is 0.360. The van der Waals surface area contributed by atoms with Gasteiger partial charge in [0.05, 0.1) is 0 Å². The zero-order chi connectivity index (χ0) is 19.6. The molecule has 1 fully saturated rings. The van der Waals surface area contributed by atoms with Crippen LogP contribution in [-0.2, 0) is 15.1 Å². The second-order valence-electron chi connectivity index (χ2n) is 6.45. The van der Waals surface area contributed by atoms with Crippen LogP contribution in [0.3, 0.4) is 0 Å². The number of halogens is 1. The number of hydrogen-bond donors (Lipinski definition) is 2. The van der Waals surface area contributed by atoms with E-state index in [4.69, 9.17) is 11.6 Å². The van der Waals surface area contributed by atoms with Crippen molar-refractivity contribution in [1.29, 1.82) is 0 Å². The number of benzene rings is 2. The first kappa shape index (κ1) is 18.9. The van der Waals surface area contributed by atoms with Gasteiger partial charge in [-0.1, -0.05) is 48.9 Å². The van der Waals surface area contributed by atoms with Crippen molar-refractivity contribution in [2.75, 3.05) is 11.9 Å². The fraction of sp³-hybridized carbons (Fsp3) is 0.250. The number of hydrogen-bond acceptors (Lipinski definition) is 3. The van der Waals surface area contributed by atoms with E-state index in [1.165, 1.54) is 0 Å². The molecule has 1 saturated heterocycles. The molecule has 2 N–H and O–H groups in total. The highest BCUT2D eigenvalue weighted by Gasteiger charge is 2.51. The Morgan fingerprint density at radius 2 is 1.89 bits per heavy atom. The van der Waals surface area contributed by atoms with Gasteiger partial charge in [-0.3, -0.25) is 14.5 Å². The van der Waals surface area contributed by atoms with Gasteiger partial charge in [0.1, 0.15) is 12.1 Å². The lowest BCUT2D eigenvalue weighted by Crippen LogP contribution is -2.44. The molecule has 0 aromatic heterocycles. The molecule has 2 aromatic carbocycles. The van der Waals surface area contributed by atoms with Gasteiger partial charge in [-0.05, 0) is 42.7 Å². The molecule has 6 nitrogen and oxygen atoms in total. The van der Waals surface area contributed by atoms with Crippen molar-refractivity contribution in [3.05, 3.63) is 64.7 Å². The van der Waals surface area contributed by atoms with Gasteiger partial charge in [0.2, 0.25) is 5.91 Å². The van der Waals surface area contributed by atoms with Crippen LogP contribution >= 0.6 is 11.6 Å². The van der Waals surface area contributed by atoms with Crippen LogP contribution in [-0.4, -0.2) is 29.3 Å². The van der Waals surface area contributed by atoms with Crippen LogP contribution in [0.25, 0.3) is 0 Å². The number of anilines is 1. The Morgan fingerprint density at radius 1 is 1.19 bits per heavy atom. The van der Waals surface area contributed by atoms with E-state index in [1.54, 1.807) is 30.3 Å². The SMILES string of the molecule is CC[C@@]1(c2ccccc2)NC(=O)N(CC(=O)Nc2ccc(Cl)cc2C)C1=O. The highest BCUT2D eigenvalue weighted by molar-refractivity contribution is 6.30. The molecule has 2 aromatic rings. The summed E-state index contributed by atoms with van der Waals surface area (Å²) in [5.41, 5.74) is 0.929. The molecule has 140 valence electrons. The molecule has 1 aliphatic heterocycles. The molecule has 7 heteroatoms. The number of nitrogens with zero attached hydrogens (tertiary/aromatic N) is 1. The first-order chi connectivity index (χ1) is 12.9. The van der Waals surface area contributed by atoms with Gasteiger partial charge in [0, 0.05) is 10.7 Å². The summed E-state index contributed by atoms with van der Waals surface area (Å²) in [6.45, 7) is 3.28. The minimum atomic E-state index is -1.14. The van der Waals surface area contributed by atoms with E-state index < -0.39 is 23.4 Å². The number of amides is 4. The standard InChI is InChI=1S/C20H20ClN3O3/c1-3-20(14-7-5-4-6-8-14)18(26)24(19(27)23-20)12-17(25)22-16-10-9-15(21)11-13(16)2/h4-11H,3,12H2,1-2H3,(H,22,25)(H,23,27)/t20-/m0/s1. The average Bonchev–Trinajstić information content (AvgIpc) is 2.90. The predicted molar refractivity (Wildman–Crippen MR) is 103 cm³/mol. The third-order valence-corrected chi connectivity index (χ3v) is 4.97. The van der Waals surface area contributed by atoms with Crippen LogP contribution < -0.4 is 10.6 Å². The zero-order valence-electron chi connectivity index (χ0n) is 15.1. The maximum absolute atomic E-state index is 13.0. The van der Waals surface area contributed by atoms with Crippen LogP contribution in [0.1, 0.15) is 24.5 Å². The monoisotopic (exact) mass is 385 g/mol. The number of imide groups is 1. The van der Waals surface area contributed by atoms with Gasteiger partial charge >= 0.3 is 6.03 Å². The maximum atomic E-state index is 13.0. The van der Waals surface area contributed by atoms with E-state index in [0.29, 0.717) is 22.7 Å². The van der Waals surface area contributed by atoms with Crippen molar-refractivity contribution in [3.8, 4) is 0 Å². The second kappa shape index (κ2) is 7.40. The molecule has 0 bridgehead atoms. The Morgan fingerprint density at radius 3 is 2.52 bits per heavy atom. The molecule has 0 saturated carbocycles. The van der Waals surface area contributed by atoms with Gasteiger partial charge in [-0.2, -0.15) is 0 Å². The van der Waals surface area contributed by atoms with Gasteiger partial charge in [-0.25, -0.2) is 4.79 Å². The van der Waals surface area contributed by atoms with E-state index in [9.17, 15) is 14.4 Å². The lowest BCUT2D eigenvalue weighted by atomic mass is 9.87. The van der Waals surface area contributed by atoms with Gasteiger partial charge in [0.15, 0.2) is 0 Å². The lowest BCUT2D eigenvalue weighted by molar-refractivity contribution is -0.134. The van der Waals surface area contributed by atoms with Crippen LogP contribution in [0.2, 0.25) is 5.02 Å². The van der Waals surface area contributed by atoms with Crippen molar-refractivity contribution >= 4 is 35.1 Å². The minimum Gasteiger partial charge on any atom is -0.324 e. The molecule has 1 atom stereocenters. The molecule has 0 spiro atoms. The van der Waals surface area contributed by atoms with E-state index >= 15 is 0 Å². The number of rotatable bonds is 5. The van der Waals surface area contributed by atoms with E-state index in [0.717, 1.165) is 10.5 Å². The summed E-state index contributed by atoms with van der Waals surface area (Å²) in [5, 5.41) is 6.05. The Hall–Kier alpha value is -2.86. The Balaban J connectivity index is 1.78. The first-order valence-corrected chi connectivity index (χ1v) is 9.01. The number of aryl methyl sites for hydroxylation is 1. The smallest absolute Gasteiger partial charge is 0.324 e. The first-order valence-electron chi connectivity index (χ1n) is 8.63. The van der Waals surface area contributed by atoms with Gasteiger partial charge in [-0.15, -0.1) is 0 Å². The van der Waals surface area contributed by atoms with E-state index in [1.807, 2.05) is 32.0 Å². The fourth-order valence-corrected chi connectivity index (χ4v) is 3.46. The highest BCUT2D eigenvalue weighted by Crippen LogP contribution is 2.32. The summed E-state index contributed by atoms with van der Waals surface area (Å²) >= 11 is 5.92. The van der Waals surface area contributed by atoms with Crippen LogP contribution in [0.15, 0.2) is 48.5 Å². The topological polar surface area (TPSA) is 78.5 Å². The summed E-state index contributed by atoms with van der Waals surface area (Å²) in [5.74, 6) is -0.881. The largest absolute Gasteiger partial charge is 0.325 e. The van der Waals surface area contributed by atoms with Crippen molar-refractivity contribution in [2.45, 2.75) is 25.8 Å². The Labute approximate surface area is 162 Å². The summed E-state index contributed by atoms with van der Waals surface area (Å²) < 4.78 is 0. The molecular formula is C20H20ClN3O3. The van der Waals surface area contributed by atoms with E-state index in [-0.39, 0.29) is 6.54 Å². The second-order valence-corrected chi connectivity index (χ2v) is 6.89. The fourth-order valence-electron chi connectivity index (χ4n) is 3.23. The number of carbonyl (C=O) groups excluding carboxylic acids is 3. The number of urea groups is 1. The molecule has 0 unspecified atom stereocenters. The van der Waals surface area contributed by atoms with Crippen molar-refractivity contribution in [2.24, 2.45) is 0 Å². The summed E-state index contributed by atoms with van der Waals surface area (Å²) in [7, 11) is 0. The summed E-state index contributed by atoms with van der Waals surface area (Å²) in [6.07, 6.45) is 0.385. The van der Waals surface area contributed by atoms with Crippen molar-refractivity contribution in [1.82, 2.24) is 10.2 Å². The van der Waals surface area contributed by atoms with Crippen LogP contribution in [0.5, 0.6) is 0 Å². The van der Waals surface area contributed by atoms with E-state index in [2.05, 4.69) is 10.6 Å². The summed E-state index contributed by atoms with van der Waals surface area (Å²) in [4.78, 5) is 38.8. The zero-order valence-corrected chi connectivity index (χ0v) is 15.8. The molecule has 0 radical (unpaired) electrons. The molecule has 3 rings (SSSR count). The third kappa shape index (κ3) is 3.53. The predicted octanol–water partition coefficient (Wildman–Crippen LogP) is 3.44.